The molecule has 0 bridgehead atoms. The van der Waals surface area contributed by atoms with Crippen molar-refractivity contribution in [3.05, 3.63) is 388 Å². The smallest absolute Gasteiger partial charge is 0.0714 e. The van der Waals surface area contributed by atoms with E-state index in [1.165, 1.54) is 66.8 Å². The van der Waals surface area contributed by atoms with Gasteiger partial charge in [-0.15, -0.1) is 0 Å². The summed E-state index contributed by atoms with van der Waals surface area (Å²) in [6.07, 6.45) is 2.29. The summed E-state index contributed by atoms with van der Waals surface area (Å²) in [7, 11) is 0. The van der Waals surface area contributed by atoms with Crippen LogP contribution in [0.4, 0.5) is 17.1 Å². The number of hydrogen-bond acceptors (Lipinski definition) is 3. The molecule has 386 valence electrons. The van der Waals surface area contributed by atoms with Crippen LogP contribution in [0.1, 0.15) is 72.3 Å². The molecule has 3 nitrogen and oxygen atoms in total. The van der Waals surface area contributed by atoms with E-state index in [4.69, 9.17) is 0 Å². The number of nitrogens with zero attached hydrogens (tertiary/aromatic N) is 1. The molecule has 0 unspecified atom stereocenters. The molecule has 15 rings (SSSR count). The molecule has 1 aliphatic heterocycles. The topological polar surface area (TPSA) is 39.1 Å². The maximum absolute atomic E-state index is 10.0. The Morgan fingerprint density at radius 1 is 0.341 bits per heavy atom. The van der Waals surface area contributed by atoms with Crippen molar-refractivity contribution in [1.29, 1.82) is 5.41 Å². The molecular formula is C79H55N3. The zero-order valence-corrected chi connectivity index (χ0v) is 45.0. The zero-order chi connectivity index (χ0) is 54.6. The maximum atomic E-state index is 10.0. The normalized spacial score (nSPS) is 14.4. The Morgan fingerprint density at radius 2 is 0.768 bits per heavy atom. The van der Waals surface area contributed by atoms with Gasteiger partial charge in [0.25, 0.3) is 0 Å². The number of allylic oxidation sites excluding steroid dienone is 1. The maximum Gasteiger partial charge on any atom is 0.0714 e. The van der Waals surface area contributed by atoms with E-state index >= 15 is 0 Å². The van der Waals surface area contributed by atoms with Gasteiger partial charge in [-0.3, -0.25) is 5.41 Å². The minimum absolute atomic E-state index is 0.443. The third kappa shape index (κ3) is 7.55. The molecule has 0 saturated heterocycles. The van der Waals surface area contributed by atoms with E-state index in [0.717, 1.165) is 61.8 Å². The standard InChI is InChI=1S/C79H55N3/c80-76(56-31-12-3-13-32-56)74(55-29-10-2-11-30-55)77-64-49-47-62(51-57(64)52-72(81-77)54-27-8-1-9-28-54)82(63-48-50-66-65-41-22-24-43-68(65)79(71(66)53-63,60-37-18-6-19-38-60)61-39-20-7-21-40-61)73-46-26-45-70-75(73)67-42-23-25-44-69(67)78(70,58-33-14-4-15-34-58)59-35-16-5-17-36-59/h1-53,80-81H/b77-74-,80-76?. The second kappa shape index (κ2) is 19.9. The first-order valence-corrected chi connectivity index (χ1v) is 28.2. The van der Waals surface area contributed by atoms with Crippen LogP contribution in [0, 0.1) is 5.41 Å². The summed E-state index contributed by atoms with van der Waals surface area (Å²) < 4.78 is 0. The van der Waals surface area contributed by atoms with Crippen molar-refractivity contribution in [2.75, 3.05) is 4.90 Å². The van der Waals surface area contributed by atoms with E-state index in [0.29, 0.717) is 5.71 Å². The summed E-state index contributed by atoms with van der Waals surface area (Å²) in [4.78, 5) is 2.53. The van der Waals surface area contributed by atoms with Crippen LogP contribution in [-0.4, -0.2) is 5.71 Å². The predicted octanol–water partition coefficient (Wildman–Crippen LogP) is 18.9. The molecule has 0 atom stereocenters. The fourth-order valence-corrected chi connectivity index (χ4v) is 13.8. The van der Waals surface area contributed by atoms with E-state index in [-0.39, 0.29) is 0 Å². The fourth-order valence-electron chi connectivity index (χ4n) is 13.8. The van der Waals surface area contributed by atoms with Gasteiger partial charge in [0, 0.05) is 39.3 Å². The van der Waals surface area contributed by atoms with Gasteiger partial charge in [-0.1, -0.05) is 285 Å². The van der Waals surface area contributed by atoms with E-state index < -0.39 is 10.8 Å². The van der Waals surface area contributed by atoms with Gasteiger partial charge >= 0.3 is 0 Å². The van der Waals surface area contributed by atoms with Gasteiger partial charge in [-0.25, -0.2) is 0 Å². The lowest BCUT2D eigenvalue weighted by Crippen LogP contribution is -2.29. The van der Waals surface area contributed by atoms with E-state index in [2.05, 4.69) is 295 Å². The summed E-state index contributed by atoms with van der Waals surface area (Å²) in [5, 5.41) is 14.0. The molecular weight excluding hydrogens is 991 g/mol. The molecule has 2 aliphatic carbocycles. The molecule has 82 heavy (non-hydrogen) atoms. The number of benzene rings is 12. The highest BCUT2D eigenvalue weighted by atomic mass is 15.1. The molecule has 0 saturated carbocycles. The highest BCUT2D eigenvalue weighted by molar-refractivity contribution is 6.36. The third-order valence-electron chi connectivity index (χ3n) is 17.2. The Balaban J connectivity index is 1.04. The Kier molecular flexibility index (Phi) is 11.8. The Bertz CT molecular complexity index is 4380. The van der Waals surface area contributed by atoms with Gasteiger partial charge in [0.05, 0.1) is 27.9 Å². The number of rotatable bonds is 11. The fraction of sp³-hybridized carbons (Fsp3) is 0.0253. The first kappa shape index (κ1) is 48.5. The number of nitrogens with one attached hydrogen (secondary N) is 2. The van der Waals surface area contributed by atoms with Crippen molar-refractivity contribution in [3.8, 4) is 22.3 Å². The molecule has 3 aliphatic rings. The molecule has 0 radical (unpaired) electrons. The van der Waals surface area contributed by atoms with Crippen molar-refractivity contribution < 1.29 is 0 Å². The first-order valence-electron chi connectivity index (χ1n) is 28.2. The Hall–Kier alpha value is -10.6. The highest BCUT2D eigenvalue weighted by Gasteiger charge is 2.49. The van der Waals surface area contributed by atoms with E-state index in [1.807, 2.05) is 36.4 Å². The van der Waals surface area contributed by atoms with Crippen LogP contribution in [0.15, 0.2) is 315 Å². The average Bonchev–Trinajstić information content (AvgIpc) is 2.73. The third-order valence-corrected chi connectivity index (χ3v) is 17.2. The van der Waals surface area contributed by atoms with Crippen LogP contribution in [0.3, 0.4) is 0 Å². The second-order valence-electron chi connectivity index (χ2n) is 21.5. The van der Waals surface area contributed by atoms with Gasteiger partial charge < -0.3 is 10.2 Å². The average molecular weight is 1050 g/mol. The number of hydrogen-bond donors (Lipinski definition) is 2. The van der Waals surface area contributed by atoms with Crippen molar-refractivity contribution in [3.63, 3.8) is 0 Å². The van der Waals surface area contributed by atoms with Crippen LogP contribution in [0.5, 0.6) is 0 Å². The first-order chi connectivity index (χ1) is 40.6. The minimum atomic E-state index is -0.622. The SMILES string of the molecule is N=C(/C(=C1\NC(c2ccccc2)=Cc2cc(N(c3ccc4c(c3)C(c3ccccc3)(c3ccccc3)c3ccccc3-4)c3cccc4c3-c3ccccc3C4(c3ccccc3)c3ccccc3)ccc21)c1ccccc1)c1ccccc1. The number of anilines is 3. The lowest BCUT2D eigenvalue weighted by Gasteiger charge is -2.36. The molecule has 2 N–H and O–H groups in total. The van der Waals surface area contributed by atoms with Gasteiger partial charge in [0.15, 0.2) is 0 Å². The van der Waals surface area contributed by atoms with E-state index in [9.17, 15) is 5.41 Å². The Labute approximate surface area is 479 Å². The lowest BCUT2D eigenvalue weighted by molar-refractivity contribution is 0.768. The van der Waals surface area contributed by atoms with Gasteiger partial charge in [0.1, 0.15) is 0 Å². The van der Waals surface area contributed by atoms with Crippen LogP contribution in [0.2, 0.25) is 0 Å². The highest BCUT2D eigenvalue weighted by Crippen LogP contribution is 2.61. The van der Waals surface area contributed by atoms with Gasteiger partial charge in [-0.05, 0) is 114 Å². The van der Waals surface area contributed by atoms with Crippen LogP contribution in [0.25, 0.3) is 45.3 Å². The largest absolute Gasteiger partial charge is 0.354 e. The minimum Gasteiger partial charge on any atom is -0.354 e. The summed E-state index contributed by atoms with van der Waals surface area (Å²) in [5.74, 6) is 0. The van der Waals surface area contributed by atoms with Crippen molar-refractivity contribution in [1.82, 2.24) is 5.32 Å². The summed E-state index contributed by atoms with van der Waals surface area (Å²) in [5.41, 5.74) is 24.6. The summed E-state index contributed by atoms with van der Waals surface area (Å²) >= 11 is 0. The van der Waals surface area contributed by atoms with Gasteiger partial charge in [-0.2, -0.15) is 0 Å². The zero-order valence-electron chi connectivity index (χ0n) is 45.0. The molecule has 0 fully saturated rings. The summed E-state index contributed by atoms with van der Waals surface area (Å²) in [6.45, 7) is 0. The molecule has 1 heterocycles. The van der Waals surface area contributed by atoms with Crippen molar-refractivity contribution in [2.24, 2.45) is 0 Å². The molecule has 12 aromatic rings. The van der Waals surface area contributed by atoms with Crippen LogP contribution < -0.4 is 10.2 Å². The molecule has 0 spiro atoms. The van der Waals surface area contributed by atoms with Crippen LogP contribution >= 0.6 is 0 Å². The van der Waals surface area contributed by atoms with Crippen molar-refractivity contribution >= 4 is 45.8 Å². The monoisotopic (exact) mass is 1050 g/mol. The second-order valence-corrected chi connectivity index (χ2v) is 21.5. The molecule has 0 aromatic heterocycles. The van der Waals surface area contributed by atoms with E-state index in [1.54, 1.807) is 0 Å². The molecule has 3 heteroatoms. The summed E-state index contributed by atoms with van der Waals surface area (Å²) in [6, 6.07) is 115. The Morgan fingerprint density at radius 3 is 1.34 bits per heavy atom. The number of fused-ring (bicyclic) bond motifs is 7. The predicted molar refractivity (Wildman–Crippen MR) is 340 cm³/mol. The lowest BCUT2D eigenvalue weighted by atomic mass is 9.67. The van der Waals surface area contributed by atoms with Crippen LogP contribution in [-0.2, 0) is 10.8 Å². The van der Waals surface area contributed by atoms with Crippen molar-refractivity contribution in [2.45, 2.75) is 10.8 Å². The quantitative estimate of drug-likeness (QED) is 0.127. The van der Waals surface area contributed by atoms with Gasteiger partial charge in [0.2, 0.25) is 0 Å². The molecule has 0 amide bonds. The molecule has 12 aromatic carbocycles.